The smallest absolute Gasteiger partial charge is 0.463 e. The van der Waals surface area contributed by atoms with Crippen LogP contribution in [0.4, 0.5) is 22.0 Å². The van der Waals surface area contributed by atoms with Gasteiger partial charge in [-0.05, 0) is 23.4 Å². The van der Waals surface area contributed by atoms with Crippen molar-refractivity contribution in [2.75, 3.05) is 6.54 Å². The predicted molar refractivity (Wildman–Crippen MR) is 61.1 cm³/mol. The topological polar surface area (TPSA) is 57.6 Å². The number of alkyl halides is 5. The van der Waals surface area contributed by atoms with Crippen LogP contribution < -0.4 is 0 Å². The van der Waals surface area contributed by atoms with Crippen LogP contribution in [0.15, 0.2) is 11.4 Å². The molecule has 0 fully saturated rings. The van der Waals surface area contributed by atoms with Crippen LogP contribution in [0.3, 0.4) is 0 Å². The highest BCUT2D eigenvalue weighted by Crippen LogP contribution is 2.41. The molecule has 2 heterocycles. The van der Waals surface area contributed by atoms with E-state index in [1.54, 1.807) is 0 Å². The Morgan fingerprint density at radius 1 is 1.29 bits per heavy atom. The summed E-state index contributed by atoms with van der Waals surface area (Å²) in [6.07, 6.45) is -6.03. The molecule has 0 bridgehead atoms. The highest BCUT2D eigenvalue weighted by atomic mass is 32.1. The zero-order chi connectivity index (χ0) is 16.0. The summed E-state index contributed by atoms with van der Waals surface area (Å²) in [5.41, 5.74) is 0.0741. The van der Waals surface area contributed by atoms with Crippen molar-refractivity contribution >= 4 is 23.2 Å². The van der Waals surface area contributed by atoms with Gasteiger partial charge in [-0.15, -0.1) is 11.3 Å². The number of halogens is 5. The Morgan fingerprint density at radius 2 is 1.90 bits per heavy atom. The van der Waals surface area contributed by atoms with Crippen LogP contribution in [-0.4, -0.2) is 40.5 Å². The van der Waals surface area contributed by atoms with Gasteiger partial charge in [0.2, 0.25) is 0 Å². The van der Waals surface area contributed by atoms with Crippen LogP contribution in [0.5, 0.6) is 0 Å². The van der Waals surface area contributed by atoms with Crippen LogP contribution in [0.2, 0.25) is 0 Å². The number of thiophene rings is 1. The predicted octanol–water partition coefficient (Wildman–Crippen LogP) is 2.46. The number of carboxylic acids is 1. The van der Waals surface area contributed by atoms with Crippen molar-refractivity contribution in [2.24, 2.45) is 0 Å². The second-order valence-electron chi connectivity index (χ2n) is 4.36. The van der Waals surface area contributed by atoms with Gasteiger partial charge in [-0.25, -0.2) is 4.79 Å². The van der Waals surface area contributed by atoms with E-state index < -0.39 is 36.6 Å². The van der Waals surface area contributed by atoms with E-state index in [0.717, 1.165) is 11.3 Å². The van der Waals surface area contributed by atoms with E-state index in [1.807, 2.05) is 0 Å². The minimum Gasteiger partial charge on any atom is -0.479 e. The zero-order valence-electron chi connectivity index (χ0n) is 10.2. The number of carbonyl (C=O) groups is 2. The van der Waals surface area contributed by atoms with Crippen molar-refractivity contribution in [1.29, 1.82) is 0 Å². The van der Waals surface area contributed by atoms with Crippen LogP contribution in [0, 0.1) is 0 Å². The van der Waals surface area contributed by atoms with E-state index in [2.05, 4.69) is 0 Å². The molecule has 0 saturated carbocycles. The quantitative estimate of drug-likeness (QED) is 0.848. The molecule has 116 valence electrons. The van der Waals surface area contributed by atoms with Gasteiger partial charge in [-0.3, -0.25) is 4.79 Å². The molecule has 0 saturated heterocycles. The number of rotatable bonds is 2. The number of fused-ring (bicyclic) bond motifs is 1. The normalized spacial score (nSPS) is 19.3. The standard InChI is InChI=1S/C11H8F5NO3S/c12-10(13,11(14,15)16)9(20)17-3-1-6-5(2-4-21-6)7(17)8(18)19/h2,4,7H,1,3H2,(H,18,19). The van der Waals surface area contributed by atoms with Gasteiger partial charge >= 0.3 is 24.0 Å². The number of carboxylic acid groups (broad SMARTS) is 1. The molecule has 0 radical (unpaired) electrons. The van der Waals surface area contributed by atoms with Gasteiger partial charge in [-0.2, -0.15) is 22.0 Å². The van der Waals surface area contributed by atoms with Gasteiger partial charge < -0.3 is 10.0 Å². The van der Waals surface area contributed by atoms with Gasteiger partial charge in [0.15, 0.2) is 6.04 Å². The number of carbonyl (C=O) groups excluding carboxylic acids is 1. The van der Waals surface area contributed by atoms with Crippen LogP contribution in [0.1, 0.15) is 16.5 Å². The number of hydrogen-bond acceptors (Lipinski definition) is 3. The van der Waals surface area contributed by atoms with E-state index in [0.29, 0.717) is 4.88 Å². The molecule has 1 unspecified atom stereocenters. The summed E-state index contributed by atoms with van der Waals surface area (Å²) in [7, 11) is 0. The third kappa shape index (κ3) is 2.47. The average Bonchev–Trinajstić information content (AvgIpc) is 2.82. The lowest BCUT2D eigenvalue weighted by atomic mass is 9.99. The molecule has 10 heteroatoms. The van der Waals surface area contributed by atoms with E-state index in [-0.39, 0.29) is 16.9 Å². The molecule has 1 aliphatic rings. The molecule has 1 atom stereocenters. The van der Waals surface area contributed by atoms with Crippen molar-refractivity contribution in [3.05, 3.63) is 21.9 Å². The first-order valence-corrected chi connectivity index (χ1v) is 6.50. The maximum absolute atomic E-state index is 13.1. The number of hydrogen-bond donors (Lipinski definition) is 1. The Hall–Kier alpha value is -1.71. The van der Waals surface area contributed by atoms with Gasteiger partial charge in [0.25, 0.3) is 0 Å². The molecule has 0 spiro atoms. The third-order valence-corrected chi connectivity index (χ3v) is 4.08. The molecule has 1 aliphatic heterocycles. The lowest BCUT2D eigenvalue weighted by Crippen LogP contribution is -2.55. The fraction of sp³-hybridized carbons (Fsp3) is 0.455. The van der Waals surface area contributed by atoms with Crippen molar-refractivity contribution < 1.29 is 36.6 Å². The Bertz CT molecular complexity index is 583. The maximum Gasteiger partial charge on any atom is 0.463 e. The number of aliphatic carboxylic acids is 1. The Kier molecular flexibility index (Phi) is 3.68. The van der Waals surface area contributed by atoms with Gasteiger partial charge in [-0.1, -0.05) is 0 Å². The highest BCUT2D eigenvalue weighted by Gasteiger charge is 2.65. The second-order valence-corrected chi connectivity index (χ2v) is 5.36. The first-order chi connectivity index (χ1) is 9.57. The second kappa shape index (κ2) is 4.93. The van der Waals surface area contributed by atoms with Crippen molar-refractivity contribution in [3.63, 3.8) is 0 Å². The summed E-state index contributed by atoms with van der Waals surface area (Å²) in [5, 5.41) is 10.6. The lowest BCUT2D eigenvalue weighted by Gasteiger charge is -2.35. The fourth-order valence-electron chi connectivity index (χ4n) is 2.10. The van der Waals surface area contributed by atoms with Crippen LogP contribution in [-0.2, 0) is 16.0 Å². The van der Waals surface area contributed by atoms with Crippen LogP contribution >= 0.6 is 11.3 Å². The summed E-state index contributed by atoms with van der Waals surface area (Å²) < 4.78 is 63.1. The Balaban J connectivity index is 2.40. The SMILES string of the molecule is O=C(O)C1c2ccsc2CCN1C(=O)C(F)(F)C(F)(F)F. The maximum atomic E-state index is 13.1. The van der Waals surface area contributed by atoms with Crippen molar-refractivity contribution in [2.45, 2.75) is 24.6 Å². The Labute approximate surface area is 118 Å². The average molecular weight is 329 g/mol. The van der Waals surface area contributed by atoms with Crippen LogP contribution in [0.25, 0.3) is 0 Å². The summed E-state index contributed by atoms with van der Waals surface area (Å²) in [4.78, 5) is 23.3. The molecule has 1 amide bonds. The minimum absolute atomic E-state index is 0.0382. The summed E-state index contributed by atoms with van der Waals surface area (Å²) in [5.74, 6) is -9.81. The molecule has 1 aromatic heterocycles. The van der Waals surface area contributed by atoms with Gasteiger partial charge in [0.1, 0.15) is 0 Å². The van der Waals surface area contributed by atoms with E-state index in [1.165, 1.54) is 11.4 Å². The summed E-state index contributed by atoms with van der Waals surface area (Å²) in [6.45, 7) is -0.505. The lowest BCUT2D eigenvalue weighted by molar-refractivity contribution is -0.275. The summed E-state index contributed by atoms with van der Waals surface area (Å²) >= 11 is 1.16. The molecule has 2 rings (SSSR count). The van der Waals surface area contributed by atoms with E-state index in [9.17, 15) is 31.5 Å². The minimum atomic E-state index is -6.07. The molecule has 21 heavy (non-hydrogen) atoms. The Morgan fingerprint density at radius 3 is 2.43 bits per heavy atom. The monoisotopic (exact) mass is 329 g/mol. The number of amides is 1. The highest BCUT2D eigenvalue weighted by molar-refractivity contribution is 7.10. The zero-order valence-corrected chi connectivity index (χ0v) is 11.0. The first-order valence-electron chi connectivity index (χ1n) is 5.62. The van der Waals surface area contributed by atoms with E-state index >= 15 is 0 Å². The molecule has 1 aromatic rings. The summed E-state index contributed by atoms with van der Waals surface area (Å²) in [6, 6.07) is -0.523. The van der Waals surface area contributed by atoms with Gasteiger partial charge in [0, 0.05) is 11.4 Å². The van der Waals surface area contributed by atoms with Crippen molar-refractivity contribution in [3.8, 4) is 0 Å². The first kappa shape index (κ1) is 15.7. The molecular formula is C11H8F5NO3S. The van der Waals surface area contributed by atoms with Gasteiger partial charge in [0.05, 0.1) is 0 Å². The third-order valence-electron chi connectivity index (χ3n) is 3.09. The number of nitrogens with zero attached hydrogens (tertiary/aromatic N) is 1. The molecule has 0 aliphatic carbocycles. The fourth-order valence-corrected chi connectivity index (χ4v) is 3.01. The molecule has 1 N–H and O–H groups in total. The van der Waals surface area contributed by atoms with Crippen molar-refractivity contribution in [1.82, 2.24) is 4.90 Å². The largest absolute Gasteiger partial charge is 0.479 e. The molecular weight excluding hydrogens is 321 g/mol. The molecule has 4 nitrogen and oxygen atoms in total. The van der Waals surface area contributed by atoms with E-state index in [4.69, 9.17) is 5.11 Å². The molecule has 0 aromatic carbocycles.